The maximum absolute atomic E-state index is 13.4. The number of anilines is 1. The summed E-state index contributed by atoms with van der Waals surface area (Å²) in [5, 5.41) is 14.7. The van der Waals surface area contributed by atoms with Gasteiger partial charge in [-0.1, -0.05) is 36.2 Å². The quantitative estimate of drug-likeness (QED) is 0.709. The van der Waals surface area contributed by atoms with Gasteiger partial charge < -0.3 is 20.2 Å². The first kappa shape index (κ1) is 21.9. The normalized spacial score (nSPS) is 27.6. The van der Waals surface area contributed by atoms with E-state index < -0.39 is 6.10 Å². The molecule has 1 aromatic heterocycles. The zero-order valence-corrected chi connectivity index (χ0v) is 19.5. The van der Waals surface area contributed by atoms with Gasteiger partial charge in [-0.2, -0.15) is 0 Å². The van der Waals surface area contributed by atoms with E-state index in [0.29, 0.717) is 36.1 Å². The first-order valence-corrected chi connectivity index (χ1v) is 11.9. The summed E-state index contributed by atoms with van der Waals surface area (Å²) in [6, 6.07) is 5.65. The van der Waals surface area contributed by atoms with Crippen LogP contribution < -0.4 is 10.2 Å². The fraction of sp³-hybridized carbons (Fsp3) is 0.522. The Bertz CT molecular complexity index is 1030. The summed E-state index contributed by atoms with van der Waals surface area (Å²) >= 11 is 12.3. The molecule has 9 heteroatoms. The summed E-state index contributed by atoms with van der Waals surface area (Å²) in [5.41, 5.74) is 2.85. The average Bonchev–Trinajstić information content (AvgIpc) is 3.40. The van der Waals surface area contributed by atoms with Gasteiger partial charge in [-0.15, -0.1) is 0 Å². The molecule has 2 aliphatic heterocycles. The van der Waals surface area contributed by atoms with Crippen LogP contribution >= 0.6 is 23.2 Å². The number of aliphatic hydroxyl groups is 1. The van der Waals surface area contributed by atoms with Gasteiger partial charge in [-0.25, -0.2) is 9.97 Å². The van der Waals surface area contributed by atoms with Crippen molar-refractivity contribution in [2.24, 2.45) is 5.92 Å². The monoisotopic (exact) mass is 475 g/mol. The molecule has 32 heavy (non-hydrogen) atoms. The van der Waals surface area contributed by atoms with Crippen LogP contribution in [0.4, 0.5) is 5.82 Å². The summed E-state index contributed by atoms with van der Waals surface area (Å²) in [6.07, 6.45) is 1.71. The minimum atomic E-state index is -0.516. The number of carbonyl (C=O) groups is 1. The van der Waals surface area contributed by atoms with Crippen LogP contribution in [0, 0.1) is 5.92 Å². The lowest BCUT2D eigenvalue weighted by Gasteiger charge is -2.38. The lowest BCUT2D eigenvalue weighted by molar-refractivity contribution is -0.135. The van der Waals surface area contributed by atoms with Gasteiger partial charge in [0.15, 0.2) is 0 Å². The first-order valence-electron chi connectivity index (χ1n) is 11.2. The van der Waals surface area contributed by atoms with Crippen molar-refractivity contribution in [3.05, 3.63) is 51.4 Å². The highest BCUT2D eigenvalue weighted by Gasteiger charge is 2.38. The Morgan fingerprint density at radius 3 is 2.66 bits per heavy atom. The van der Waals surface area contributed by atoms with Crippen molar-refractivity contribution in [2.45, 2.75) is 31.3 Å². The molecule has 0 bridgehead atoms. The van der Waals surface area contributed by atoms with E-state index in [-0.39, 0.29) is 23.7 Å². The zero-order chi connectivity index (χ0) is 22.4. The van der Waals surface area contributed by atoms with E-state index in [0.717, 1.165) is 42.3 Å². The standard InChI is InChI=1S/C23H27Cl2N5O2/c1-13-8-19(31)21-20(13)22(28-12-27-21)29-4-6-30(7-5-29)23(32)16-11-26-10-15(16)14-2-3-17(24)18(25)9-14/h2-3,9,12-13,15-16,19,26,31H,4-8,10-11H2,1H3/t13-,15-,16?,19-/m1/s1. The fourth-order valence-electron chi connectivity index (χ4n) is 5.36. The molecule has 2 saturated heterocycles. The Kier molecular flexibility index (Phi) is 6.01. The Morgan fingerprint density at radius 2 is 1.91 bits per heavy atom. The number of nitrogens with zero attached hydrogens (tertiary/aromatic N) is 4. The number of piperazine rings is 1. The van der Waals surface area contributed by atoms with E-state index in [1.807, 2.05) is 17.0 Å². The molecule has 3 heterocycles. The molecule has 0 radical (unpaired) electrons. The van der Waals surface area contributed by atoms with Crippen LogP contribution in [0.1, 0.15) is 48.1 Å². The number of fused-ring (bicyclic) bond motifs is 1. The number of hydrogen-bond donors (Lipinski definition) is 2. The van der Waals surface area contributed by atoms with Crippen molar-refractivity contribution in [3.8, 4) is 0 Å². The predicted octanol–water partition coefficient (Wildman–Crippen LogP) is 2.98. The molecule has 1 unspecified atom stereocenters. The average molecular weight is 476 g/mol. The topological polar surface area (TPSA) is 81.6 Å². The molecule has 2 aromatic rings. The molecule has 1 aliphatic carbocycles. The van der Waals surface area contributed by atoms with Gasteiger partial charge in [-0.3, -0.25) is 4.79 Å². The molecule has 1 amide bonds. The van der Waals surface area contributed by atoms with Crippen LogP contribution in [-0.2, 0) is 4.79 Å². The lowest BCUT2D eigenvalue weighted by atomic mass is 9.88. The van der Waals surface area contributed by atoms with Crippen molar-refractivity contribution in [1.29, 1.82) is 0 Å². The molecule has 170 valence electrons. The number of aliphatic hydroxyl groups excluding tert-OH is 1. The summed E-state index contributed by atoms with van der Waals surface area (Å²) in [5.74, 6) is 1.29. The number of hydrogen-bond acceptors (Lipinski definition) is 6. The molecule has 3 aliphatic rings. The summed E-state index contributed by atoms with van der Waals surface area (Å²) in [7, 11) is 0. The number of rotatable bonds is 3. The number of halogens is 2. The summed E-state index contributed by atoms with van der Waals surface area (Å²) in [6.45, 7) is 6.27. The smallest absolute Gasteiger partial charge is 0.227 e. The second kappa shape index (κ2) is 8.78. The van der Waals surface area contributed by atoms with Crippen molar-refractivity contribution >= 4 is 34.9 Å². The molecule has 2 N–H and O–H groups in total. The zero-order valence-electron chi connectivity index (χ0n) is 18.0. The Morgan fingerprint density at radius 1 is 1.12 bits per heavy atom. The number of amides is 1. The van der Waals surface area contributed by atoms with Crippen LogP contribution in [0.25, 0.3) is 0 Å². The molecule has 2 fully saturated rings. The Hall–Kier alpha value is -1.93. The van der Waals surface area contributed by atoms with Crippen LogP contribution in [0.3, 0.4) is 0 Å². The molecule has 5 rings (SSSR count). The van der Waals surface area contributed by atoms with Crippen molar-refractivity contribution in [2.75, 3.05) is 44.2 Å². The molecular weight excluding hydrogens is 449 g/mol. The maximum Gasteiger partial charge on any atom is 0.227 e. The minimum Gasteiger partial charge on any atom is -0.387 e. The van der Waals surface area contributed by atoms with Gasteiger partial charge in [0.05, 0.1) is 27.8 Å². The SMILES string of the molecule is C[C@@H]1C[C@@H](O)c2ncnc(N3CCN(C(=O)C4CNC[C@@H]4c4ccc(Cl)c(Cl)c4)CC3)c21. The van der Waals surface area contributed by atoms with E-state index in [1.54, 1.807) is 12.4 Å². The highest BCUT2D eigenvalue weighted by atomic mass is 35.5. The van der Waals surface area contributed by atoms with E-state index in [9.17, 15) is 9.90 Å². The molecule has 0 spiro atoms. The third-order valence-electron chi connectivity index (χ3n) is 7.07. The van der Waals surface area contributed by atoms with Crippen molar-refractivity contribution < 1.29 is 9.90 Å². The minimum absolute atomic E-state index is 0.0859. The van der Waals surface area contributed by atoms with Crippen LogP contribution in [0.5, 0.6) is 0 Å². The van der Waals surface area contributed by atoms with E-state index in [1.165, 1.54) is 0 Å². The summed E-state index contributed by atoms with van der Waals surface area (Å²) < 4.78 is 0. The highest BCUT2D eigenvalue weighted by Crippen LogP contribution is 2.43. The van der Waals surface area contributed by atoms with Crippen molar-refractivity contribution in [3.63, 3.8) is 0 Å². The molecular formula is C23H27Cl2N5O2. The van der Waals surface area contributed by atoms with E-state index in [4.69, 9.17) is 23.2 Å². The predicted molar refractivity (Wildman–Crippen MR) is 124 cm³/mol. The number of benzene rings is 1. The van der Waals surface area contributed by atoms with E-state index >= 15 is 0 Å². The van der Waals surface area contributed by atoms with Gasteiger partial charge in [0.1, 0.15) is 12.1 Å². The van der Waals surface area contributed by atoms with Gasteiger partial charge in [0.25, 0.3) is 0 Å². The van der Waals surface area contributed by atoms with Crippen LogP contribution in [0.2, 0.25) is 10.0 Å². The molecule has 0 saturated carbocycles. The number of carbonyl (C=O) groups excluding carboxylic acids is 1. The first-order chi connectivity index (χ1) is 15.4. The third-order valence-corrected chi connectivity index (χ3v) is 7.81. The third kappa shape index (κ3) is 3.85. The highest BCUT2D eigenvalue weighted by molar-refractivity contribution is 6.42. The second-order valence-corrected chi connectivity index (χ2v) is 9.82. The summed E-state index contributed by atoms with van der Waals surface area (Å²) in [4.78, 5) is 26.5. The van der Waals surface area contributed by atoms with Gasteiger partial charge in [0, 0.05) is 50.7 Å². The maximum atomic E-state index is 13.4. The van der Waals surface area contributed by atoms with E-state index in [2.05, 4.69) is 27.1 Å². The number of nitrogens with one attached hydrogen (secondary N) is 1. The van der Waals surface area contributed by atoms with Gasteiger partial charge in [-0.05, 0) is 30.0 Å². The Labute approximate surface area is 197 Å². The van der Waals surface area contributed by atoms with Gasteiger partial charge >= 0.3 is 0 Å². The molecule has 7 nitrogen and oxygen atoms in total. The molecule has 1 aromatic carbocycles. The van der Waals surface area contributed by atoms with Crippen LogP contribution in [0.15, 0.2) is 24.5 Å². The molecule has 4 atom stereocenters. The Balaban J connectivity index is 1.28. The largest absolute Gasteiger partial charge is 0.387 e. The number of aromatic nitrogens is 2. The fourth-order valence-corrected chi connectivity index (χ4v) is 5.67. The van der Waals surface area contributed by atoms with Crippen molar-refractivity contribution in [1.82, 2.24) is 20.2 Å². The lowest BCUT2D eigenvalue weighted by Crippen LogP contribution is -2.51. The second-order valence-electron chi connectivity index (χ2n) is 9.01. The van der Waals surface area contributed by atoms with Gasteiger partial charge in [0.2, 0.25) is 5.91 Å². The van der Waals surface area contributed by atoms with Crippen LogP contribution in [-0.4, -0.2) is 65.2 Å².